The minimum Gasteiger partial charge on any atom is -0.496 e. The van der Waals surface area contributed by atoms with Crippen LogP contribution in [0.3, 0.4) is 0 Å². The molecule has 4 aromatic rings. The van der Waals surface area contributed by atoms with E-state index in [0.29, 0.717) is 5.75 Å². The quantitative estimate of drug-likeness (QED) is 0.539. The second kappa shape index (κ2) is 5.82. The highest BCUT2D eigenvalue weighted by Crippen LogP contribution is 2.31. The number of para-hydroxylation sites is 2. The van der Waals surface area contributed by atoms with E-state index in [4.69, 9.17) is 4.74 Å². The first-order chi connectivity index (χ1) is 11.8. The fourth-order valence-corrected chi connectivity index (χ4v) is 2.71. The van der Waals surface area contributed by atoms with Crippen LogP contribution < -0.4 is 4.74 Å². The second-order valence-corrected chi connectivity index (χ2v) is 5.46. The maximum absolute atomic E-state index is 9.25. The first-order valence-corrected chi connectivity index (χ1v) is 7.57. The molecule has 120 valence electrons. The molecule has 0 spiro atoms. The molecule has 2 heterocycles. The molecule has 0 fully saturated rings. The summed E-state index contributed by atoms with van der Waals surface area (Å²) in [5.41, 5.74) is 5.10. The number of nitrogens with zero attached hydrogens (tertiary/aromatic N) is 2. The molecular formula is C18H16N4O2. The monoisotopic (exact) mass is 320 g/mol. The van der Waals surface area contributed by atoms with Crippen molar-refractivity contribution in [1.29, 1.82) is 0 Å². The Morgan fingerprint density at radius 2 is 2.00 bits per heavy atom. The van der Waals surface area contributed by atoms with Crippen molar-refractivity contribution in [1.82, 2.24) is 20.2 Å². The molecule has 0 aliphatic rings. The predicted molar refractivity (Wildman–Crippen MR) is 91.6 cm³/mol. The van der Waals surface area contributed by atoms with E-state index >= 15 is 0 Å². The lowest BCUT2D eigenvalue weighted by Crippen LogP contribution is -1.91. The first kappa shape index (κ1) is 14.5. The molecule has 6 nitrogen and oxygen atoms in total. The lowest BCUT2D eigenvalue weighted by atomic mass is 10.1. The van der Waals surface area contributed by atoms with E-state index in [1.165, 1.54) is 0 Å². The van der Waals surface area contributed by atoms with Crippen molar-refractivity contribution in [2.45, 2.75) is 6.61 Å². The maximum atomic E-state index is 9.25. The Bertz CT molecular complexity index is 970. The van der Waals surface area contributed by atoms with E-state index in [1.807, 2.05) is 48.5 Å². The first-order valence-electron chi connectivity index (χ1n) is 7.57. The van der Waals surface area contributed by atoms with Crippen molar-refractivity contribution >= 4 is 11.0 Å². The average molecular weight is 320 g/mol. The van der Waals surface area contributed by atoms with E-state index < -0.39 is 0 Å². The van der Waals surface area contributed by atoms with Crippen molar-refractivity contribution < 1.29 is 9.84 Å². The van der Waals surface area contributed by atoms with Crippen LogP contribution in [0.25, 0.3) is 33.8 Å². The Balaban J connectivity index is 1.75. The number of aliphatic hydroxyl groups excluding tert-OH is 1. The van der Waals surface area contributed by atoms with Gasteiger partial charge in [0.05, 0.1) is 30.4 Å². The van der Waals surface area contributed by atoms with Gasteiger partial charge in [0, 0.05) is 5.56 Å². The number of ether oxygens (including phenoxy) is 1. The van der Waals surface area contributed by atoms with Crippen LogP contribution in [0.5, 0.6) is 5.75 Å². The van der Waals surface area contributed by atoms with Crippen molar-refractivity contribution in [2.24, 2.45) is 0 Å². The molecular weight excluding hydrogens is 304 g/mol. The number of aromatic nitrogens is 4. The van der Waals surface area contributed by atoms with Crippen molar-refractivity contribution in [3.05, 3.63) is 54.1 Å². The molecule has 0 saturated heterocycles. The number of benzene rings is 2. The maximum Gasteiger partial charge on any atom is 0.156 e. The van der Waals surface area contributed by atoms with E-state index in [2.05, 4.69) is 20.2 Å². The van der Waals surface area contributed by atoms with Crippen LogP contribution in [-0.2, 0) is 6.61 Å². The fourth-order valence-electron chi connectivity index (χ4n) is 2.71. The van der Waals surface area contributed by atoms with Crippen molar-refractivity contribution in [2.75, 3.05) is 7.11 Å². The Morgan fingerprint density at radius 1 is 1.12 bits per heavy atom. The van der Waals surface area contributed by atoms with E-state index in [9.17, 15) is 5.11 Å². The summed E-state index contributed by atoms with van der Waals surface area (Å²) in [4.78, 5) is 7.85. The minimum absolute atomic E-state index is 0.0263. The zero-order valence-corrected chi connectivity index (χ0v) is 13.1. The zero-order chi connectivity index (χ0) is 16.5. The summed E-state index contributed by atoms with van der Waals surface area (Å²) in [5.74, 6) is 1.41. The summed E-state index contributed by atoms with van der Waals surface area (Å²) >= 11 is 0. The number of hydrogen-bond donors (Lipinski definition) is 3. The van der Waals surface area contributed by atoms with Gasteiger partial charge < -0.3 is 14.8 Å². The summed E-state index contributed by atoms with van der Waals surface area (Å²) in [6, 6.07) is 15.4. The van der Waals surface area contributed by atoms with Gasteiger partial charge in [0.15, 0.2) is 5.82 Å². The van der Waals surface area contributed by atoms with E-state index in [1.54, 1.807) is 7.11 Å². The van der Waals surface area contributed by atoms with Gasteiger partial charge in [-0.2, -0.15) is 5.10 Å². The number of hydrogen-bond acceptors (Lipinski definition) is 4. The topological polar surface area (TPSA) is 86.8 Å². The van der Waals surface area contributed by atoms with Crippen LogP contribution in [0, 0.1) is 0 Å². The van der Waals surface area contributed by atoms with Gasteiger partial charge in [-0.3, -0.25) is 5.10 Å². The third kappa shape index (κ3) is 2.43. The highest BCUT2D eigenvalue weighted by atomic mass is 16.5. The largest absolute Gasteiger partial charge is 0.496 e. The number of aromatic amines is 2. The fraction of sp³-hybridized carbons (Fsp3) is 0.111. The number of imidazole rings is 1. The molecule has 2 aromatic carbocycles. The molecule has 0 saturated carbocycles. The molecule has 0 radical (unpaired) electrons. The molecule has 0 aliphatic carbocycles. The van der Waals surface area contributed by atoms with Gasteiger partial charge >= 0.3 is 0 Å². The molecule has 0 amide bonds. The van der Waals surface area contributed by atoms with Gasteiger partial charge in [0.2, 0.25) is 0 Å². The van der Waals surface area contributed by atoms with Crippen LogP contribution in [0.2, 0.25) is 0 Å². The van der Waals surface area contributed by atoms with Crippen LogP contribution in [0.4, 0.5) is 0 Å². The Labute approximate surface area is 138 Å². The Kier molecular flexibility index (Phi) is 3.51. The summed E-state index contributed by atoms with van der Waals surface area (Å²) in [6.07, 6.45) is 0. The highest BCUT2D eigenvalue weighted by molar-refractivity contribution is 5.79. The number of methoxy groups -OCH3 is 1. The van der Waals surface area contributed by atoms with E-state index in [0.717, 1.165) is 39.4 Å². The number of aliphatic hydroxyl groups is 1. The summed E-state index contributed by atoms with van der Waals surface area (Å²) < 4.78 is 5.42. The number of H-pyrrole nitrogens is 2. The third-order valence-electron chi connectivity index (χ3n) is 3.95. The van der Waals surface area contributed by atoms with Crippen LogP contribution >= 0.6 is 0 Å². The number of fused-ring (bicyclic) bond motifs is 1. The van der Waals surface area contributed by atoms with Crippen LogP contribution in [-0.4, -0.2) is 32.4 Å². The Morgan fingerprint density at radius 3 is 2.79 bits per heavy atom. The molecule has 0 aliphatic heterocycles. The lowest BCUT2D eigenvalue weighted by molar-refractivity contribution is 0.281. The lowest BCUT2D eigenvalue weighted by Gasteiger charge is -2.07. The number of rotatable bonds is 4. The SMILES string of the molecule is COc1cc(CO)ccc1-c1cc(-c2nc3ccccc3[nH]2)[nH]n1. The smallest absolute Gasteiger partial charge is 0.156 e. The molecule has 0 unspecified atom stereocenters. The number of nitrogens with one attached hydrogen (secondary N) is 2. The van der Waals surface area contributed by atoms with Gasteiger partial charge in [0.1, 0.15) is 11.4 Å². The van der Waals surface area contributed by atoms with Gasteiger partial charge in [-0.25, -0.2) is 4.98 Å². The average Bonchev–Trinajstić information content (AvgIpc) is 3.27. The molecule has 0 atom stereocenters. The highest BCUT2D eigenvalue weighted by Gasteiger charge is 2.13. The molecule has 3 N–H and O–H groups in total. The summed E-state index contributed by atoms with van der Waals surface area (Å²) in [5, 5.41) is 16.6. The predicted octanol–water partition coefficient (Wildman–Crippen LogP) is 3.12. The third-order valence-corrected chi connectivity index (χ3v) is 3.95. The summed E-state index contributed by atoms with van der Waals surface area (Å²) in [7, 11) is 1.60. The molecule has 6 heteroatoms. The second-order valence-electron chi connectivity index (χ2n) is 5.46. The van der Waals surface area contributed by atoms with Gasteiger partial charge in [-0.05, 0) is 35.9 Å². The zero-order valence-electron chi connectivity index (χ0n) is 13.1. The van der Waals surface area contributed by atoms with Gasteiger partial charge in [-0.15, -0.1) is 0 Å². The van der Waals surface area contributed by atoms with Crippen molar-refractivity contribution in [3.8, 4) is 28.5 Å². The van der Waals surface area contributed by atoms with Crippen LogP contribution in [0.1, 0.15) is 5.56 Å². The van der Waals surface area contributed by atoms with Crippen LogP contribution in [0.15, 0.2) is 48.5 Å². The molecule has 4 rings (SSSR count). The molecule has 0 bridgehead atoms. The van der Waals surface area contributed by atoms with Gasteiger partial charge in [0.25, 0.3) is 0 Å². The van der Waals surface area contributed by atoms with Crippen molar-refractivity contribution in [3.63, 3.8) is 0 Å². The molecule has 24 heavy (non-hydrogen) atoms. The normalized spacial score (nSPS) is 11.1. The molecule has 2 aromatic heterocycles. The van der Waals surface area contributed by atoms with Gasteiger partial charge in [-0.1, -0.05) is 18.2 Å². The minimum atomic E-state index is -0.0263. The standard InChI is InChI=1S/C18H16N4O2/c1-24-17-8-11(10-23)6-7-12(17)15-9-16(22-21-15)18-19-13-4-2-3-5-14(13)20-18/h2-9,23H,10H2,1H3,(H,19,20)(H,21,22). The Hall–Kier alpha value is -3.12. The summed E-state index contributed by atoms with van der Waals surface area (Å²) in [6.45, 7) is -0.0263. The van der Waals surface area contributed by atoms with E-state index in [-0.39, 0.29) is 6.61 Å².